The minimum atomic E-state index is -0.103. The molecule has 96 valence electrons. The van der Waals surface area contributed by atoms with Crippen LogP contribution in [0.5, 0.6) is 0 Å². The van der Waals surface area contributed by atoms with Crippen LogP contribution < -0.4 is 0 Å². The molecule has 0 bridgehead atoms. The van der Waals surface area contributed by atoms with Gasteiger partial charge in [0, 0.05) is 5.56 Å². The molecular weight excluding hydrogens is 223 g/mol. The number of aryl methyl sites for hydroxylation is 1. The summed E-state index contributed by atoms with van der Waals surface area (Å²) in [4.78, 5) is 0. The lowest BCUT2D eigenvalue weighted by Gasteiger charge is -2.06. The molecule has 0 saturated heterocycles. The zero-order chi connectivity index (χ0) is 13.4. The van der Waals surface area contributed by atoms with E-state index in [2.05, 4.69) is 46.8 Å². The maximum absolute atomic E-state index is 14.3. The van der Waals surface area contributed by atoms with E-state index in [1.165, 1.54) is 11.1 Å². The molecule has 2 aliphatic rings. The van der Waals surface area contributed by atoms with E-state index in [4.69, 9.17) is 0 Å². The topological polar surface area (TPSA) is 0 Å². The minimum absolute atomic E-state index is 0.103. The van der Waals surface area contributed by atoms with Crippen LogP contribution in [0.2, 0.25) is 0 Å². The molecule has 0 radical (unpaired) electrons. The van der Waals surface area contributed by atoms with Crippen molar-refractivity contribution in [3.05, 3.63) is 46.8 Å². The average Bonchev–Trinajstić information content (AvgIpc) is 2.50. The fraction of sp³-hybridized carbons (Fsp3) is 0.412. The quantitative estimate of drug-likeness (QED) is 0.655. The SMILES string of the molecule is Cc1cc(C(C)C)c2c(F)ccc(C(C)C)cc1-2. The summed E-state index contributed by atoms with van der Waals surface area (Å²) in [7, 11) is 0. The van der Waals surface area contributed by atoms with Crippen molar-refractivity contribution >= 4 is 0 Å². The Labute approximate surface area is 109 Å². The van der Waals surface area contributed by atoms with Gasteiger partial charge in [0.15, 0.2) is 0 Å². The number of halogens is 1. The Morgan fingerprint density at radius 3 is 2.17 bits per heavy atom. The van der Waals surface area contributed by atoms with Gasteiger partial charge < -0.3 is 0 Å². The average molecular weight is 244 g/mol. The third kappa shape index (κ3) is 2.14. The number of fused-ring (bicyclic) bond motifs is 1. The molecule has 0 atom stereocenters. The smallest absolute Gasteiger partial charge is 0.131 e. The highest BCUT2D eigenvalue weighted by Gasteiger charge is 2.19. The van der Waals surface area contributed by atoms with E-state index in [9.17, 15) is 4.39 Å². The summed E-state index contributed by atoms with van der Waals surface area (Å²) in [5.74, 6) is 0.658. The Bertz CT molecular complexity index is 538. The molecule has 0 aliphatic heterocycles. The molecule has 0 saturated carbocycles. The molecule has 0 fully saturated rings. The summed E-state index contributed by atoms with van der Waals surface area (Å²) in [5.41, 5.74) is 5.34. The first kappa shape index (κ1) is 13.1. The van der Waals surface area contributed by atoms with E-state index in [-0.39, 0.29) is 5.82 Å². The van der Waals surface area contributed by atoms with Gasteiger partial charge in [-0.2, -0.15) is 0 Å². The second-order valence-electron chi connectivity index (χ2n) is 5.71. The van der Waals surface area contributed by atoms with E-state index in [1.54, 1.807) is 6.07 Å². The van der Waals surface area contributed by atoms with Gasteiger partial charge in [0.05, 0.1) is 0 Å². The van der Waals surface area contributed by atoms with Gasteiger partial charge in [-0.05, 0) is 47.1 Å². The van der Waals surface area contributed by atoms with Crippen LogP contribution in [0.3, 0.4) is 0 Å². The summed E-state index contributed by atoms with van der Waals surface area (Å²) in [6, 6.07) is 7.79. The summed E-state index contributed by atoms with van der Waals surface area (Å²) in [5, 5.41) is 0. The largest absolute Gasteiger partial charge is 0.206 e. The molecule has 0 amide bonds. The van der Waals surface area contributed by atoms with E-state index < -0.39 is 0 Å². The summed E-state index contributed by atoms with van der Waals surface area (Å²) in [6.07, 6.45) is 0. The van der Waals surface area contributed by atoms with Crippen LogP contribution in [0.4, 0.5) is 4.39 Å². The zero-order valence-electron chi connectivity index (χ0n) is 11.8. The Morgan fingerprint density at radius 2 is 1.61 bits per heavy atom. The lowest BCUT2D eigenvalue weighted by atomic mass is 9.98. The first-order valence-electron chi connectivity index (χ1n) is 6.64. The van der Waals surface area contributed by atoms with Crippen molar-refractivity contribution in [2.75, 3.05) is 0 Å². The van der Waals surface area contributed by atoms with Crippen LogP contribution >= 0.6 is 0 Å². The molecule has 0 aromatic heterocycles. The van der Waals surface area contributed by atoms with Crippen LogP contribution in [0.25, 0.3) is 11.1 Å². The molecule has 0 N–H and O–H groups in total. The lowest BCUT2D eigenvalue weighted by molar-refractivity contribution is 0.630. The Kier molecular flexibility index (Phi) is 3.43. The molecule has 1 heteroatoms. The zero-order valence-corrected chi connectivity index (χ0v) is 11.8. The molecule has 2 rings (SSSR count). The van der Waals surface area contributed by atoms with Gasteiger partial charge in [-0.3, -0.25) is 0 Å². The Hall–Kier alpha value is -1.37. The van der Waals surface area contributed by atoms with Crippen molar-refractivity contribution < 1.29 is 4.39 Å². The normalized spacial score (nSPS) is 11.8. The summed E-state index contributed by atoms with van der Waals surface area (Å²) < 4.78 is 14.3. The van der Waals surface area contributed by atoms with Gasteiger partial charge in [0.2, 0.25) is 0 Å². The molecule has 0 nitrogen and oxygen atoms in total. The minimum Gasteiger partial charge on any atom is -0.206 e. The van der Waals surface area contributed by atoms with E-state index >= 15 is 0 Å². The van der Waals surface area contributed by atoms with Gasteiger partial charge in [-0.15, -0.1) is 0 Å². The van der Waals surface area contributed by atoms with Crippen molar-refractivity contribution in [1.29, 1.82) is 0 Å². The fourth-order valence-electron chi connectivity index (χ4n) is 2.47. The van der Waals surface area contributed by atoms with E-state index in [0.717, 1.165) is 16.7 Å². The van der Waals surface area contributed by atoms with Gasteiger partial charge in [-0.25, -0.2) is 4.39 Å². The summed E-state index contributed by atoms with van der Waals surface area (Å²) in [6.45, 7) is 10.6. The van der Waals surface area contributed by atoms with Crippen LogP contribution in [0, 0.1) is 12.7 Å². The van der Waals surface area contributed by atoms with Gasteiger partial charge in [0.1, 0.15) is 5.82 Å². The van der Waals surface area contributed by atoms with Crippen molar-refractivity contribution in [3.63, 3.8) is 0 Å². The first-order valence-corrected chi connectivity index (χ1v) is 6.64. The number of hydrogen-bond acceptors (Lipinski definition) is 0. The first-order chi connectivity index (χ1) is 8.41. The summed E-state index contributed by atoms with van der Waals surface area (Å²) >= 11 is 0. The predicted molar refractivity (Wildman–Crippen MR) is 75.9 cm³/mol. The second-order valence-corrected chi connectivity index (χ2v) is 5.71. The second kappa shape index (κ2) is 4.72. The lowest BCUT2D eigenvalue weighted by Crippen LogP contribution is -1.88. The van der Waals surface area contributed by atoms with Crippen molar-refractivity contribution in [3.8, 4) is 11.1 Å². The molecular formula is C17H21F. The van der Waals surface area contributed by atoms with Gasteiger partial charge in [-0.1, -0.05) is 45.9 Å². The maximum atomic E-state index is 14.3. The Morgan fingerprint density at radius 1 is 0.944 bits per heavy atom. The number of hydrogen-bond donors (Lipinski definition) is 0. The van der Waals surface area contributed by atoms with Crippen LogP contribution in [-0.2, 0) is 0 Å². The molecule has 0 unspecified atom stereocenters. The predicted octanol–water partition coefficient (Wildman–Crippen LogP) is 5.49. The van der Waals surface area contributed by atoms with Crippen LogP contribution in [-0.4, -0.2) is 0 Å². The third-order valence-corrected chi connectivity index (χ3v) is 3.62. The molecule has 0 heterocycles. The molecule has 0 aromatic carbocycles. The maximum Gasteiger partial charge on any atom is 0.131 e. The Balaban J connectivity index is 2.75. The highest BCUT2D eigenvalue weighted by molar-refractivity contribution is 5.76. The van der Waals surface area contributed by atoms with Crippen LogP contribution in [0.1, 0.15) is 56.2 Å². The third-order valence-electron chi connectivity index (χ3n) is 3.62. The van der Waals surface area contributed by atoms with Crippen LogP contribution in [0.15, 0.2) is 24.3 Å². The van der Waals surface area contributed by atoms with Crippen molar-refractivity contribution in [2.24, 2.45) is 0 Å². The van der Waals surface area contributed by atoms with Gasteiger partial charge in [0.25, 0.3) is 0 Å². The fourth-order valence-corrected chi connectivity index (χ4v) is 2.47. The van der Waals surface area contributed by atoms with E-state index in [1.807, 2.05) is 6.07 Å². The molecule has 18 heavy (non-hydrogen) atoms. The van der Waals surface area contributed by atoms with Crippen molar-refractivity contribution in [1.82, 2.24) is 0 Å². The van der Waals surface area contributed by atoms with Crippen molar-refractivity contribution in [2.45, 2.75) is 46.5 Å². The highest BCUT2D eigenvalue weighted by Crippen LogP contribution is 2.38. The molecule has 0 spiro atoms. The molecule has 0 aromatic rings. The highest BCUT2D eigenvalue weighted by atomic mass is 19.1. The molecule has 2 aliphatic carbocycles. The van der Waals surface area contributed by atoms with E-state index in [0.29, 0.717) is 11.8 Å². The standard InChI is InChI=1S/C17H21F/c1-10(2)13-6-7-16(18)17-14(11(3)4)8-12(5)15(17)9-13/h6-11H,1-5H3. The van der Waals surface area contributed by atoms with Gasteiger partial charge >= 0.3 is 0 Å². The monoisotopic (exact) mass is 244 g/mol. The number of rotatable bonds is 2.